The summed E-state index contributed by atoms with van der Waals surface area (Å²) in [5, 5.41) is 2.53. The number of hydrogen-bond donors (Lipinski definition) is 1. The van der Waals surface area contributed by atoms with E-state index in [1.54, 1.807) is 17.8 Å². The number of thiazole rings is 1. The number of allylic oxidation sites excluding steroid dienone is 2. The van der Waals surface area contributed by atoms with Gasteiger partial charge in [-0.3, -0.25) is 4.55 Å². The minimum atomic E-state index is -4.32. The predicted molar refractivity (Wildman–Crippen MR) is 148 cm³/mol. The van der Waals surface area contributed by atoms with Crippen LogP contribution in [0.1, 0.15) is 17.8 Å². The predicted octanol–water partition coefficient (Wildman–Crippen LogP) is 4.03. The van der Waals surface area contributed by atoms with Crippen LogP contribution >= 0.6 is 57.3 Å². The molecule has 35 heavy (non-hydrogen) atoms. The maximum atomic E-state index is 11.3. The molecule has 4 rings (SSSR count). The molecular weight excluding hydrogens is 667 g/mol. The first-order valence-corrected chi connectivity index (χ1v) is 16.9. The lowest BCUT2D eigenvalue weighted by molar-refractivity contribution is -0.668. The molecule has 1 aromatic carbocycles. The lowest BCUT2D eigenvalue weighted by Gasteiger charge is -2.27. The van der Waals surface area contributed by atoms with Crippen LogP contribution < -0.4 is 4.57 Å². The van der Waals surface area contributed by atoms with E-state index in [-0.39, 0.29) is 29.9 Å². The molecule has 8 nitrogen and oxygen atoms in total. The maximum Gasteiger partial charge on any atom is 0.265 e. The number of hydrogen-bond acceptors (Lipinski definition) is 8. The van der Waals surface area contributed by atoms with Gasteiger partial charge in [0.1, 0.15) is 4.70 Å². The molecule has 1 aliphatic carbocycles. The molecule has 14 heteroatoms. The molecule has 0 amide bonds. The van der Waals surface area contributed by atoms with Crippen molar-refractivity contribution in [2.75, 3.05) is 18.1 Å². The second-order valence-corrected chi connectivity index (χ2v) is 15.2. The van der Waals surface area contributed by atoms with Crippen LogP contribution in [0.25, 0.3) is 16.3 Å². The fraction of sp³-hybridized carbons (Fsp3) is 0.381. The van der Waals surface area contributed by atoms with Gasteiger partial charge in [0, 0.05) is 33.4 Å². The first-order chi connectivity index (χ1) is 16.4. The van der Waals surface area contributed by atoms with Crippen molar-refractivity contribution < 1.29 is 30.5 Å². The maximum absolute atomic E-state index is 11.3. The average molecular weight is 689 g/mol. The summed E-state index contributed by atoms with van der Waals surface area (Å²) < 4.78 is 69.2. The summed E-state index contributed by atoms with van der Waals surface area (Å²) in [7, 11) is -8.38. The van der Waals surface area contributed by atoms with Crippen LogP contribution in [0.2, 0.25) is 5.02 Å². The number of halogens is 2. The molecule has 1 aliphatic heterocycles. The Bertz CT molecular complexity index is 1440. The fourth-order valence-corrected chi connectivity index (χ4v) is 8.28. The lowest BCUT2D eigenvalue weighted by Crippen LogP contribution is -2.37. The smallest absolute Gasteiger partial charge is 0.265 e. The Morgan fingerprint density at radius 3 is 2.71 bits per heavy atom. The molecule has 0 saturated carbocycles. The Kier molecular flexibility index (Phi) is 8.58. The van der Waals surface area contributed by atoms with Crippen LogP contribution in [0.3, 0.4) is 0 Å². The number of aryl methyl sites for hydroxylation is 1. The molecule has 2 aromatic rings. The van der Waals surface area contributed by atoms with E-state index >= 15 is 0 Å². The van der Waals surface area contributed by atoms with Crippen LogP contribution in [-0.2, 0) is 26.8 Å². The summed E-state index contributed by atoms with van der Waals surface area (Å²) in [5.41, 5.74) is 0.852. The molecule has 2 aliphatic rings. The van der Waals surface area contributed by atoms with E-state index in [4.69, 9.17) is 11.6 Å². The van der Waals surface area contributed by atoms with Gasteiger partial charge in [-0.15, -0.1) is 0 Å². The minimum absolute atomic E-state index is 0.0485. The Labute approximate surface area is 231 Å². The van der Waals surface area contributed by atoms with Gasteiger partial charge in [-0.25, -0.2) is 8.42 Å². The van der Waals surface area contributed by atoms with Crippen LogP contribution in [0, 0.1) is 0 Å². The van der Waals surface area contributed by atoms with E-state index in [1.165, 1.54) is 11.3 Å². The first-order valence-electron chi connectivity index (χ1n) is 10.6. The van der Waals surface area contributed by atoms with Crippen molar-refractivity contribution in [1.29, 1.82) is 0 Å². The number of rotatable bonds is 9. The van der Waals surface area contributed by atoms with Gasteiger partial charge in [-0.05, 0) is 47.2 Å². The summed E-state index contributed by atoms with van der Waals surface area (Å²) >= 11 is 11.7. The molecule has 0 spiro atoms. The average Bonchev–Trinajstić information content (AvgIpc) is 3.24. The Morgan fingerprint density at radius 1 is 1.23 bits per heavy atom. The minimum Gasteiger partial charge on any atom is -0.748 e. The van der Waals surface area contributed by atoms with E-state index in [2.05, 4.69) is 45.7 Å². The van der Waals surface area contributed by atoms with Crippen LogP contribution in [-0.4, -0.2) is 60.2 Å². The van der Waals surface area contributed by atoms with Gasteiger partial charge in [0.15, 0.2) is 6.54 Å². The summed E-state index contributed by atoms with van der Waals surface area (Å²) in [4.78, 5) is 2.15. The zero-order chi connectivity index (χ0) is 25.4. The van der Waals surface area contributed by atoms with Gasteiger partial charge >= 0.3 is 0 Å². The molecule has 0 bridgehead atoms. The van der Waals surface area contributed by atoms with Crippen LogP contribution in [0.4, 0.5) is 0 Å². The third kappa shape index (κ3) is 7.21. The number of benzene rings is 1. The van der Waals surface area contributed by atoms with Crippen molar-refractivity contribution >= 4 is 93.8 Å². The third-order valence-corrected chi connectivity index (χ3v) is 10.5. The Morgan fingerprint density at radius 2 is 2.00 bits per heavy atom. The first kappa shape index (κ1) is 27.4. The SMILES string of the molecule is O=S(=O)([O-])CCC[n+]1c(/C=C2\SC3C=CC(I)=CC3N2CCCS(=O)(=O)O)sc2ccc(Cl)cc21. The Balaban J connectivity index is 1.70. The van der Waals surface area contributed by atoms with E-state index in [0.717, 1.165) is 23.8 Å². The topological polar surface area (TPSA) is 119 Å². The van der Waals surface area contributed by atoms with Gasteiger partial charge in [0.05, 0.1) is 38.3 Å². The zero-order valence-electron chi connectivity index (χ0n) is 18.2. The molecule has 1 aromatic heterocycles. The van der Waals surface area contributed by atoms with E-state index in [9.17, 15) is 25.9 Å². The number of nitrogens with zero attached hydrogens (tertiary/aromatic N) is 2. The molecule has 0 radical (unpaired) electrons. The van der Waals surface area contributed by atoms with Crippen LogP contribution in [0.5, 0.6) is 0 Å². The van der Waals surface area contributed by atoms with Gasteiger partial charge < -0.3 is 9.45 Å². The molecule has 190 valence electrons. The van der Waals surface area contributed by atoms with E-state index < -0.39 is 26.0 Å². The fourth-order valence-electron chi connectivity index (χ4n) is 4.06. The van der Waals surface area contributed by atoms with Gasteiger partial charge in [0.25, 0.3) is 15.1 Å². The number of aromatic nitrogens is 1. The van der Waals surface area contributed by atoms with Gasteiger partial charge in [-0.1, -0.05) is 46.9 Å². The summed E-state index contributed by atoms with van der Waals surface area (Å²) in [6, 6.07) is 5.57. The van der Waals surface area contributed by atoms with Crippen molar-refractivity contribution in [1.82, 2.24) is 4.90 Å². The van der Waals surface area contributed by atoms with Crippen molar-refractivity contribution in [2.24, 2.45) is 0 Å². The van der Waals surface area contributed by atoms with Gasteiger partial charge in [-0.2, -0.15) is 13.0 Å². The lowest BCUT2D eigenvalue weighted by atomic mass is 10.1. The quantitative estimate of drug-likeness (QED) is 0.239. The number of thioether (sulfide) groups is 1. The summed E-state index contributed by atoms with van der Waals surface area (Å²) in [5.74, 6) is -0.775. The highest BCUT2D eigenvalue weighted by Gasteiger charge is 2.37. The van der Waals surface area contributed by atoms with Crippen molar-refractivity contribution in [3.63, 3.8) is 0 Å². The van der Waals surface area contributed by atoms with Crippen molar-refractivity contribution in [2.45, 2.75) is 30.7 Å². The Hall–Kier alpha value is -0.680. The van der Waals surface area contributed by atoms with Crippen LogP contribution in [0.15, 0.2) is 45.0 Å². The number of fused-ring (bicyclic) bond motifs is 2. The largest absolute Gasteiger partial charge is 0.748 e. The monoisotopic (exact) mass is 688 g/mol. The van der Waals surface area contributed by atoms with Crippen molar-refractivity contribution in [3.8, 4) is 0 Å². The van der Waals surface area contributed by atoms with Crippen molar-refractivity contribution in [3.05, 3.63) is 55.1 Å². The highest BCUT2D eigenvalue weighted by atomic mass is 127. The molecular formula is C21H22ClIN2O6S4. The summed E-state index contributed by atoms with van der Waals surface area (Å²) in [6.07, 6.45) is 8.80. The molecule has 2 heterocycles. The molecule has 2 unspecified atom stereocenters. The molecule has 1 fully saturated rings. The second-order valence-electron chi connectivity index (χ2n) is 8.12. The molecule has 1 N–H and O–H groups in total. The summed E-state index contributed by atoms with van der Waals surface area (Å²) in [6.45, 7) is 0.776. The normalized spacial score (nSPS) is 21.7. The highest BCUT2D eigenvalue weighted by Crippen LogP contribution is 2.44. The van der Waals surface area contributed by atoms with E-state index in [1.807, 2.05) is 22.8 Å². The second kappa shape index (κ2) is 11.0. The highest BCUT2D eigenvalue weighted by molar-refractivity contribution is 14.1. The third-order valence-electron chi connectivity index (χ3n) is 5.53. The van der Waals surface area contributed by atoms with Gasteiger partial charge in [0.2, 0.25) is 5.52 Å². The van der Waals surface area contributed by atoms with E-state index in [0.29, 0.717) is 18.1 Å². The molecule has 2 atom stereocenters. The molecule has 1 saturated heterocycles. The zero-order valence-corrected chi connectivity index (χ0v) is 24.4. The standard InChI is InChI=1S/C21H22ClIN2O6S4/c22-14-3-5-18-16(11-14)24(7-1-9-34(26,27)28)20(32-18)13-21-25(8-2-10-35(29,30)31)17-12-15(23)4-6-19(17)33-21/h3-6,11-13,17,19H,1-2,7-10H2,(H-,26,27,28,29,30,31).